The molecule has 1 aliphatic heterocycles. The number of amides is 1. The van der Waals surface area contributed by atoms with Crippen LogP contribution in [0.3, 0.4) is 0 Å². The molecule has 1 aliphatic carbocycles. The Balaban J connectivity index is 1.40. The molecule has 1 saturated heterocycles. The lowest BCUT2D eigenvalue weighted by Gasteiger charge is -2.31. The van der Waals surface area contributed by atoms with Crippen LogP contribution in [0, 0.1) is 11.7 Å². The smallest absolute Gasteiger partial charge is 0.223 e. The molecule has 0 bridgehead atoms. The van der Waals surface area contributed by atoms with Gasteiger partial charge in [-0.15, -0.1) is 0 Å². The monoisotopic (exact) mass is 378 g/mol. The molecule has 0 aromatic heterocycles. The summed E-state index contributed by atoms with van der Waals surface area (Å²) in [6.07, 6.45) is 9.91. The van der Waals surface area contributed by atoms with Crippen molar-refractivity contribution in [1.82, 2.24) is 10.2 Å². The standard InChI is InChI=1S/C21H28ClFN2O/c22-19-7-4-8-20(23)18(19)15-25-13-10-17(11-14-25)21(26)24-12-9-16-5-2-1-3-6-16/h4-5,7-8,17H,1-3,6,9-15H2,(H,24,26). The number of hydrogen-bond acceptors (Lipinski definition) is 2. The topological polar surface area (TPSA) is 32.3 Å². The highest BCUT2D eigenvalue weighted by molar-refractivity contribution is 6.31. The Morgan fingerprint density at radius 2 is 2.08 bits per heavy atom. The summed E-state index contributed by atoms with van der Waals surface area (Å²) in [5, 5.41) is 3.58. The molecular weight excluding hydrogens is 351 g/mol. The summed E-state index contributed by atoms with van der Waals surface area (Å²) in [5.74, 6) is -0.0120. The minimum absolute atomic E-state index is 0.0719. The van der Waals surface area contributed by atoms with Gasteiger partial charge in [0.05, 0.1) is 0 Å². The number of halogens is 2. The maximum absolute atomic E-state index is 13.9. The Kier molecular flexibility index (Phi) is 7.09. The summed E-state index contributed by atoms with van der Waals surface area (Å²) in [7, 11) is 0. The Morgan fingerprint density at radius 3 is 2.77 bits per heavy atom. The molecule has 3 nitrogen and oxygen atoms in total. The molecular formula is C21H28ClFN2O. The van der Waals surface area contributed by atoms with Crippen molar-refractivity contribution in [1.29, 1.82) is 0 Å². The normalized spacial score (nSPS) is 19.2. The van der Waals surface area contributed by atoms with Crippen LogP contribution in [-0.2, 0) is 11.3 Å². The molecule has 0 saturated carbocycles. The average molecular weight is 379 g/mol. The van der Waals surface area contributed by atoms with Gasteiger partial charge in [0.1, 0.15) is 5.82 Å². The second-order valence-electron chi connectivity index (χ2n) is 7.40. The number of rotatable bonds is 6. The van der Waals surface area contributed by atoms with Crippen LogP contribution in [0.25, 0.3) is 0 Å². The maximum Gasteiger partial charge on any atom is 0.223 e. The minimum atomic E-state index is -0.255. The van der Waals surface area contributed by atoms with Crippen molar-refractivity contribution in [2.45, 2.75) is 51.5 Å². The molecule has 142 valence electrons. The second kappa shape index (κ2) is 9.52. The fraction of sp³-hybridized carbons (Fsp3) is 0.571. The van der Waals surface area contributed by atoms with Crippen molar-refractivity contribution in [2.75, 3.05) is 19.6 Å². The van der Waals surface area contributed by atoms with Crippen LogP contribution in [0.4, 0.5) is 4.39 Å². The van der Waals surface area contributed by atoms with Gasteiger partial charge >= 0.3 is 0 Å². The van der Waals surface area contributed by atoms with E-state index in [1.54, 1.807) is 12.1 Å². The van der Waals surface area contributed by atoms with E-state index >= 15 is 0 Å². The minimum Gasteiger partial charge on any atom is -0.356 e. The van der Waals surface area contributed by atoms with Crippen molar-refractivity contribution in [3.05, 3.63) is 46.3 Å². The number of carbonyl (C=O) groups is 1. The van der Waals surface area contributed by atoms with E-state index in [1.165, 1.54) is 37.3 Å². The van der Waals surface area contributed by atoms with Crippen LogP contribution in [0.1, 0.15) is 50.5 Å². The number of nitrogens with one attached hydrogen (secondary N) is 1. The van der Waals surface area contributed by atoms with Gasteiger partial charge in [-0.05, 0) is 70.2 Å². The van der Waals surface area contributed by atoms with Gasteiger partial charge in [-0.1, -0.05) is 29.3 Å². The number of carbonyl (C=O) groups excluding carboxylic acids is 1. The average Bonchev–Trinajstić information content (AvgIpc) is 2.66. The SMILES string of the molecule is O=C(NCCC1=CCCCC1)C1CCN(Cc2c(F)cccc2Cl)CC1. The molecule has 2 aliphatic rings. The predicted molar refractivity (Wildman–Crippen MR) is 104 cm³/mol. The van der Waals surface area contributed by atoms with Gasteiger partial charge in [0.25, 0.3) is 0 Å². The van der Waals surface area contributed by atoms with Crippen LogP contribution >= 0.6 is 11.6 Å². The van der Waals surface area contributed by atoms with Gasteiger partial charge < -0.3 is 5.32 Å². The molecule has 1 N–H and O–H groups in total. The summed E-state index contributed by atoms with van der Waals surface area (Å²) in [6.45, 7) is 2.85. The Labute approximate surface area is 160 Å². The van der Waals surface area contributed by atoms with Crippen molar-refractivity contribution >= 4 is 17.5 Å². The molecule has 0 atom stereocenters. The van der Waals surface area contributed by atoms with Gasteiger partial charge in [0.2, 0.25) is 5.91 Å². The van der Waals surface area contributed by atoms with Crippen LogP contribution in [0.15, 0.2) is 29.8 Å². The highest BCUT2D eigenvalue weighted by Gasteiger charge is 2.25. The van der Waals surface area contributed by atoms with Gasteiger partial charge in [0, 0.05) is 29.6 Å². The largest absolute Gasteiger partial charge is 0.356 e. The van der Waals surface area contributed by atoms with Crippen LogP contribution < -0.4 is 5.32 Å². The number of piperidine rings is 1. The number of hydrogen-bond donors (Lipinski definition) is 1. The Hall–Kier alpha value is -1.39. The molecule has 0 spiro atoms. The molecule has 26 heavy (non-hydrogen) atoms. The van der Waals surface area contributed by atoms with E-state index in [4.69, 9.17) is 11.6 Å². The Bertz CT molecular complexity index is 633. The summed E-state index contributed by atoms with van der Waals surface area (Å²) >= 11 is 6.11. The van der Waals surface area contributed by atoms with Gasteiger partial charge in [-0.3, -0.25) is 9.69 Å². The van der Waals surface area contributed by atoms with E-state index in [9.17, 15) is 9.18 Å². The van der Waals surface area contributed by atoms with Gasteiger partial charge in [-0.2, -0.15) is 0 Å². The third kappa shape index (κ3) is 5.31. The van der Waals surface area contributed by atoms with E-state index in [0.717, 1.165) is 38.9 Å². The molecule has 5 heteroatoms. The van der Waals surface area contributed by atoms with E-state index in [-0.39, 0.29) is 17.6 Å². The van der Waals surface area contributed by atoms with Crippen molar-refractivity contribution in [2.24, 2.45) is 5.92 Å². The molecule has 1 aromatic carbocycles. The zero-order chi connectivity index (χ0) is 18.4. The number of benzene rings is 1. The molecule has 1 fully saturated rings. The number of likely N-dealkylation sites (tertiary alicyclic amines) is 1. The quantitative estimate of drug-likeness (QED) is 0.728. The molecule has 1 aromatic rings. The highest BCUT2D eigenvalue weighted by Crippen LogP contribution is 2.24. The van der Waals surface area contributed by atoms with Crippen molar-refractivity contribution in [3.63, 3.8) is 0 Å². The first kappa shape index (κ1) is 19.4. The molecule has 3 rings (SSSR count). The van der Waals surface area contributed by atoms with Gasteiger partial charge in [-0.25, -0.2) is 4.39 Å². The van der Waals surface area contributed by atoms with Crippen molar-refractivity contribution < 1.29 is 9.18 Å². The van der Waals surface area contributed by atoms with Crippen LogP contribution in [0.5, 0.6) is 0 Å². The lowest BCUT2D eigenvalue weighted by Crippen LogP contribution is -2.40. The van der Waals surface area contributed by atoms with Crippen LogP contribution in [-0.4, -0.2) is 30.4 Å². The summed E-state index contributed by atoms with van der Waals surface area (Å²) in [6, 6.07) is 4.80. The third-order valence-electron chi connectivity index (χ3n) is 5.53. The van der Waals surface area contributed by atoms with E-state index in [0.29, 0.717) is 17.1 Å². The van der Waals surface area contributed by atoms with E-state index in [2.05, 4.69) is 16.3 Å². The maximum atomic E-state index is 13.9. The zero-order valence-corrected chi connectivity index (χ0v) is 16.0. The van der Waals surface area contributed by atoms with E-state index in [1.807, 2.05) is 0 Å². The molecule has 1 heterocycles. The summed E-state index contributed by atoms with van der Waals surface area (Å²) < 4.78 is 13.9. The first-order valence-corrected chi connectivity index (χ1v) is 10.1. The third-order valence-corrected chi connectivity index (χ3v) is 5.89. The summed E-state index contributed by atoms with van der Waals surface area (Å²) in [5.41, 5.74) is 2.05. The fourth-order valence-corrected chi connectivity index (χ4v) is 4.11. The predicted octanol–water partition coefficient (Wildman–Crippen LogP) is 4.70. The molecule has 0 radical (unpaired) electrons. The zero-order valence-electron chi connectivity index (χ0n) is 15.3. The first-order valence-electron chi connectivity index (χ1n) is 9.74. The van der Waals surface area contributed by atoms with Crippen LogP contribution in [0.2, 0.25) is 5.02 Å². The summed E-state index contributed by atoms with van der Waals surface area (Å²) in [4.78, 5) is 14.6. The van der Waals surface area contributed by atoms with Gasteiger partial charge in [0.15, 0.2) is 0 Å². The number of allylic oxidation sites excluding steroid dienone is 1. The van der Waals surface area contributed by atoms with E-state index < -0.39 is 0 Å². The first-order chi connectivity index (χ1) is 12.6. The highest BCUT2D eigenvalue weighted by atomic mass is 35.5. The van der Waals surface area contributed by atoms with Crippen molar-refractivity contribution in [3.8, 4) is 0 Å². The molecule has 1 amide bonds. The fourth-order valence-electron chi connectivity index (χ4n) is 3.88. The lowest BCUT2D eigenvalue weighted by atomic mass is 9.95. The second-order valence-corrected chi connectivity index (χ2v) is 7.81. The number of nitrogens with zero attached hydrogens (tertiary/aromatic N) is 1. The lowest BCUT2D eigenvalue weighted by molar-refractivity contribution is -0.126. The molecule has 0 unspecified atom stereocenters. The Morgan fingerprint density at radius 1 is 1.27 bits per heavy atom.